The first-order valence-corrected chi connectivity index (χ1v) is 13.2. The van der Waals surface area contributed by atoms with Crippen LogP contribution in [0.5, 0.6) is 0 Å². The third kappa shape index (κ3) is 13.0. The van der Waals surface area contributed by atoms with E-state index in [1.54, 1.807) is 0 Å². The van der Waals surface area contributed by atoms with Gasteiger partial charge < -0.3 is 0 Å². The van der Waals surface area contributed by atoms with Gasteiger partial charge in [0.1, 0.15) is 0 Å². The quantitative estimate of drug-likeness (QED) is 0.386. The summed E-state index contributed by atoms with van der Waals surface area (Å²) in [5.41, 5.74) is 0. The molecule has 2 heteroatoms. The van der Waals surface area contributed by atoms with E-state index >= 15 is 0 Å². The van der Waals surface area contributed by atoms with Crippen LogP contribution < -0.4 is 0 Å². The van der Waals surface area contributed by atoms with Gasteiger partial charge in [0, 0.05) is 0 Å². The first-order valence-electron chi connectivity index (χ1n) is 6.35. The van der Waals surface area contributed by atoms with Gasteiger partial charge in [0.25, 0.3) is 0 Å². The van der Waals surface area contributed by atoms with Crippen LogP contribution in [-0.2, 0) is 0 Å². The fourth-order valence-electron chi connectivity index (χ4n) is 1.72. The average Bonchev–Trinajstić information content (AvgIpc) is 2.21. The van der Waals surface area contributed by atoms with Crippen LogP contribution in [0, 0.1) is 0 Å². The van der Waals surface area contributed by atoms with Crippen molar-refractivity contribution in [3.8, 4) is 0 Å². The number of rotatable bonds is 11. The maximum atomic E-state index is 5.10. The molecule has 0 nitrogen and oxygen atoms in total. The van der Waals surface area contributed by atoms with Gasteiger partial charge >= 0.3 is 104 Å². The van der Waals surface area contributed by atoms with Gasteiger partial charge in [-0.3, -0.25) is 0 Å². The van der Waals surface area contributed by atoms with Gasteiger partial charge in [-0.1, -0.05) is 0 Å². The summed E-state index contributed by atoms with van der Waals surface area (Å²) in [5, 5.41) is 0. The second-order valence-electron chi connectivity index (χ2n) is 4.14. The third-order valence-electron chi connectivity index (χ3n) is 2.68. The van der Waals surface area contributed by atoms with E-state index in [0.717, 1.165) is 0 Å². The molecule has 14 heavy (non-hydrogen) atoms. The molecule has 0 aliphatic rings. The Labute approximate surface area is 104 Å². The van der Waals surface area contributed by atoms with Crippen molar-refractivity contribution in [2.24, 2.45) is 0 Å². The standard InChI is InChI=1S/C12H25.S.Sn.H/c1-3-5-7-9-11-12-10-8-6-4-2;;;/h1,3-12H2,2H3;;;. The first-order chi connectivity index (χ1) is 6.91. The minimum atomic E-state index is -0.429. The van der Waals surface area contributed by atoms with Crippen molar-refractivity contribution in [3.05, 3.63) is 0 Å². The molecule has 0 aromatic rings. The molecule has 0 bridgehead atoms. The van der Waals surface area contributed by atoms with Gasteiger partial charge in [0.2, 0.25) is 0 Å². The molecule has 0 radical (unpaired) electrons. The zero-order chi connectivity index (χ0) is 10.5. The number of hydrogen-bond acceptors (Lipinski definition) is 1. The van der Waals surface area contributed by atoms with Crippen LogP contribution in [0.25, 0.3) is 0 Å². The van der Waals surface area contributed by atoms with Crippen molar-refractivity contribution in [2.75, 3.05) is 0 Å². The Balaban J connectivity index is 2.81. The molecule has 0 saturated heterocycles. The zero-order valence-corrected chi connectivity index (χ0v) is 13.9. The third-order valence-corrected chi connectivity index (χ3v) is 6.09. The molecule has 0 N–H and O–H groups in total. The molecular formula is C12H26SSn. The van der Waals surface area contributed by atoms with Crippen LogP contribution in [0.15, 0.2) is 0 Å². The Hall–Kier alpha value is 1.02. The molecule has 0 aromatic carbocycles. The van der Waals surface area contributed by atoms with Crippen LogP contribution in [0.1, 0.15) is 71.1 Å². The average molecular weight is 321 g/mol. The second-order valence-corrected chi connectivity index (χ2v) is 8.97. The molecule has 0 saturated carbocycles. The van der Waals surface area contributed by atoms with E-state index in [0.29, 0.717) is 0 Å². The molecule has 0 heterocycles. The van der Waals surface area contributed by atoms with E-state index in [-0.39, 0.29) is 0 Å². The van der Waals surface area contributed by atoms with Crippen LogP contribution in [-0.4, -0.2) is 19.2 Å². The summed E-state index contributed by atoms with van der Waals surface area (Å²) in [4.78, 5) is 0. The molecule has 0 fully saturated rings. The van der Waals surface area contributed by atoms with Gasteiger partial charge in [-0.05, 0) is 0 Å². The second kappa shape index (κ2) is 14.0. The van der Waals surface area contributed by atoms with E-state index in [4.69, 9.17) is 9.29 Å². The molecule has 0 amide bonds. The van der Waals surface area contributed by atoms with Crippen molar-refractivity contribution in [2.45, 2.75) is 75.6 Å². The summed E-state index contributed by atoms with van der Waals surface area (Å²) in [6.45, 7) is 2.28. The van der Waals surface area contributed by atoms with Crippen LogP contribution in [0.4, 0.5) is 0 Å². The Morgan fingerprint density at radius 3 is 1.57 bits per heavy atom. The van der Waals surface area contributed by atoms with Crippen molar-refractivity contribution in [1.82, 2.24) is 0 Å². The number of hydrogen-bond donors (Lipinski definition) is 0. The minimum absolute atomic E-state index is 0.429. The molecule has 0 aromatic heterocycles. The SMILES string of the molecule is CCCCCCCCCCC[CH2][SnH]=[S]. The molecule has 0 atom stereocenters. The van der Waals surface area contributed by atoms with E-state index < -0.39 is 19.2 Å². The van der Waals surface area contributed by atoms with Crippen molar-refractivity contribution in [3.63, 3.8) is 0 Å². The number of unbranched alkanes of at least 4 members (excludes halogenated alkanes) is 9. The van der Waals surface area contributed by atoms with E-state index in [1.807, 2.05) is 0 Å². The predicted octanol–water partition coefficient (Wildman–Crippen LogP) is 4.87. The molecule has 0 unspecified atom stereocenters. The molecule has 0 aliphatic heterocycles. The van der Waals surface area contributed by atoms with Gasteiger partial charge in [0.15, 0.2) is 0 Å². The summed E-state index contributed by atoms with van der Waals surface area (Å²) in [5.74, 6) is 0. The summed E-state index contributed by atoms with van der Waals surface area (Å²) in [7, 11) is 5.10. The van der Waals surface area contributed by atoms with Crippen LogP contribution >= 0.6 is 9.29 Å². The molecule has 0 rings (SSSR count). The molecule has 0 aliphatic carbocycles. The maximum absolute atomic E-state index is 5.10. The molecular weight excluding hydrogens is 295 g/mol. The predicted molar refractivity (Wildman–Crippen MR) is 71.4 cm³/mol. The van der Waals surface area contributed by atoms with Crippen LogP contribution in [0.3, 0.4) is 0 Å². The van der Waals surface area contributed by atoms with Crippen LogP contribution in [0.2, 0.25) is 4.44 Å². The molecule has 84 valence electrons. The van der Waals surface area contributed by atoms with Gasteiger partial charge in [-0.25, -0.2) is 0 Å². The Kier molecular flexibility index (Phi) is 15.0. The summed E-state index contributed by atoms with van der Waals surface area (Å²) in [6.07, 6.45) is 14.5. The Morgan fingerprint density at radius 1 is 0.714 bits per heavy atom. The van der Waals surface area contributed by atoms with E-state index in [2.05, 4.69) is 6.92 Å². The zero-order valence-electron chi connectivity index (χ0n) is 9.76. The van der Waals surface area contributed by atoms with Gasteiger partial charge in [-0.15, -0.1) is 0 Å². The monoisotopic (exact) mass is 322 g/mol. The van der Waals surface area contributed by atoms with Gasteiger partial charge in [0.05, 0.1) is 0 Å². The fraction of sp³-hybridized carbons (Fsp3) is 1.00. The molecule has 0 spiro atoms. The van der Waals surface area contributed by atoms with Gasteiger partial charge in [-0.2, -0.15) is 0 Å². The fourth-order valence-corrected chi connectivity index (χ4v) is 4.13. The first kappa shape index (κ1) is 15.0. The Morgan fingerprint density at radius 2 is 1.14 bits per heavy atom. The summed E-state index contributed by atoms with van der Waals surface area (Å²) in [6, 6.07) is 0. The van der Waals surface area contributed by atoms with Crippen molar-refractivity contribution < 1.29 is 0 Å². The van der Waals surface area contributed by atoms with E-state index in [1.165, 1.54) is 68.6 Å². The topological polar surface area (TPSA) is 0 Å². The summed E-state index contributed by atoms with van der Waals surface area (Å²) < 4.78 is 1.45. The van der Waals surface area contributed by atoms with Crippen molar-refractivity contribution >= 4 is 28.5 Å². The van der Waals surface area contributed by atoms with E-state index in [9.17, 15) is 0 Å². The summed E-state index contributed by atoms with van der Waals surface area (Å²) >= 11 is -0.429. The van der Waals surface area contributed by atoms with Crippen molar-refractivity contribution in [1.29, 1.82) is 0 Å². The normalized spacial score (nSPS) is 10.4. The Bertz CT molecular complexity index is 115.